The number of nitrogens with one attached hydrogen (secondary N) is 2. The topological polar surface area (TPSA) is 113 Å². The molecule has 0 aliphatic carbocycles. The largest absolute Gasteiger partial charge is 0.481 e. The summed E-state index contributed by atoms with van der Waals surface area (Å²) in [5, 5.41) is 14.4. The van der Waals surface area contributed by atoms with Gasteiger partial charge in [0.15, 0.2) is 0 Å². The fraction of sp³-hybridized carbons (Fsp3) is 0.400. The average Bonchev–Trinajstić information content (AvgIpc) is 2.74. The van der Waals surface area contributed by atoms with Crippen molar-refractivity contribution >= 4 is 28.7 Å². The second-order valence-electron chi connectivity index (χ2n) is 6.06. The molecule has 0 radical (unpaired) electrons. The zero-order chi connectivity index (χ0) is 17.2. The molecule has 1 aromatic carbocycles. The van der Waals surface area contributed by atoms with Crippen molar-refractivity contribution in [1.82, 2.24) is 9.78 Å². The molecule has 8 nitrogen and oxygen atoms in total. The number of nitrogens with zero attached hydrogens (tertiary/aromatic N) is 1. The van der Waals surface area contributed by atoms with Crippen LogP contribution < -0.4 is 10.9 Å². The van der Waals surface area contributed by atoms with Crippen LogP contribution in [0.15, 0.2) is 23.0 Å². The van der Waals surface area contributed by atoms with Crippen LogP contribution in [-0.4, -0.2) is 39.1 Å². The zero-order valence-electron chi connectivity index (χ0n) is 13.2. The van der Waals surface area contributed by atoms with Crippen molar-refractivity contribution in [2.75, 3.05) is 11.9 Å². The Bertz CT molecular complexity index is 798. The van der Waals surface area contributed by atoms with E-state index in [0.29, 0.717) is 16.6 Å². The van der Waals surface area contributed by atoms with E-state index < -0.39 is 23.2 Å². The van der Waals surface area contributed by atoms with Gasteiger partial charge in [0, 0.05) is 12.2 Å². The molecule has 124 valence electrons. The van der Waals surface area contributed by atoms with Crippen molar-refractivity contribution in [1.29, 1.82) is 0 Å². The predicted octanol–water partition coefficient (Wildman–Crippen LogP) is 2.00. The fourth-order valence-electron chi connectivity index (χ4n) is 2.01. The molecule has 0 amide bonds. The highest BCUT2D eigenvalue weighted by atomic mass is 16.6. The number of carboxylic acids is 1. The van der Waals surface area contributed by atoms with Crippen LogP contribution in [0.3, 0.4) is 0 Å². The van der Waals surface area contributed by atoms with Crippen LogP contribution in [0.1, 0.15) is 27.2 Å². The summed E-state index contributed by atoms with van der Waals surface area (Å²) in [6, 6.07) is 4.82. The summed E-state index contributed by atoms with van der Waals surface area (Å²) in [7, 11) is 0. The molecule has 0 atom stereocenters. The lowest BCUT2D eigenvalue weighted by Gasteiger charge is -2.19. The molecule has 23 heavy (non-hydrogen) atoms. The summed E-state index contributed by atoms with van der Waals surface area (Å²) >= 11 is 0. The van der Waals surface area contributed by atoms with Crippen LogP contribution in [0.25, 0.3) is 10.9 Å². The van der Waals surface area contributed by atoms with E-state index in [1.807, 2.05) is 0 Å². The Labute approximate surface area is 132 Å². The van der Waals surface area contributed by atoms with Gasteiger partial charge in [-0.3, -0.25) is 14.7 Å². The third-order valence-electron chi connectivity index (χ3n) is 2.94. The number of carbonyl (C=O) groups excluding carboxylic acids is 1. The molecular formula is C15H19N3O5. The van der Waals surface area contributed by atoms with Gasteiger partial charge in [-0.05, 0) is 39.0 Å². The maximum atomic E-state index is 12.2. The van der Waals surface area contributed by atoms with Crippen molar-refractivity contribution in [2.24, 2.45) is 0 Å². The van der Waals surface area contributed by atoms with Crippen molar-refractivity contribution in [3.8, 4) is 0 Å². The SMILES string of the molecule is CC(C)(C)OC(=O)n1[nH]c(=O)c2ccc(NCCC(=O)O)cc21. The maximum absolute atomic E-state index is 12.2. The van der Waals surface area contributed by atoms with E-state index in [0.717, 1.165) is 4.68 Å². The first-order chi connectivity index (χ1) is 10.7. The lowest BCUT2D eigenvalue weighted by molar-refractivity contribution is -0.136. The summed E-state index contributed by atoms with van der Waals surface area (Å²) < 4.78 is 6.30. The van der Waals surface area contributed by atoms with E-state index in [-0.39, 0.29) is 13.0 Å². The highest BCUT2D eigenvalue weighted by Gasteiger charge is 2.20. The van der Waals surface area contributed by atoms with E-state index in [4.69, 9.17) is 9.84 Å². The van der Waals surface area contributed by atoms with Gasteiger partial charge < -0.3 is 15.2 Å². The van der Waals surface area contributed by atoms with Crippen LogP contribution in [0, 0.1) is 0 Å². The molecule has 2 rings (SSSR count). The molecule has 0 spiro atoms. The van der Waals surface area contributed by atoms with Gasteiger partial charge in [0.1, 0.15) is 5.60 Å². The highest BCUT2D eigenvalue weighted by Crippen LogP contribution is 2.18. The summed E-state index contributed by atoms with van der Waals surface area (Å²) in [6.45, 7) is 5.43. The minimum atomic E-state index is -0.911. The average molecular weight is 321 g/mol. The zero-order valence-corrected chi connectivity index (χ0v) is 13.2. The van der Waals surface area contributed by atoms with E-state index in [1.54, 1.807) is 39.0 Å². The summed E-state index contributed by atoms with van der Waals surface area (Å²) in [6.07, 6.45) is -0.725. The van der Waals surface area contributed by atoms with Crippen LogP contribution in [-0.2, 0) is 9.53 Å². The number of hydrogen-bond donors (Lipinski definition) is 3. The molecule has 0 saturated heterocycles. The van der Waals surface area contributed by atoms with Crippen LogP contribution in [0.2, 0.25) is 0 Å². The number of carboxylic acid groups (broad SMARTS) is 1. The Morgan fingerprint density at radius 3 is 2.65 bits per heavy atom. The first-order valence-electron chi connectivity index (χ1n) is 7.11. The number of carbonyl (C=O) groups is 2. The first kappa shape index (κ1) is 16.6. The monoisotopic (exact) mass is 321 g/mol. The minimum absolute atomic E-state index is 0.0377. The van der Waals surface area contributed by atoms with Crippen molar-refractivity contribution < 1.29 is 19.4 Å². The van der Waals surface area contributed by atoms with Crippen LogP contribution in [0.5, 0.6) is 0 Å². The number of rotatable bonds is 4. The van der Waals surface area contributed by atoms with Crippen LogP contribution in [0.4, 0.5) is 10.5 Å². The highest BCUT2D eigenvalue weighted by molar-refractivity contribution is 5.89. The molecule has 0 fully saturated rings. The van der Waals surface area contributed by atoms with E-state index >= 15 is 0 Å². The Balaban J connectivity index is 2.32. The lowest BCUT2D eigenvalue weighted by atomic mass is 10.2. The second kappa shape index (κ2) is 6.15. The van der Waals surface area contributed by atoms with Crippen molar-refractivity contribution in [2.45, 2.75) is 32.8 Å². The van der Waals surface area contributed by atoms with Gasteiger partial charge in [0.25, 0.3) is 5.56 Å². The molecule has 8 heteroatoms. The minimum Gasteiger partial charge on any atom is -0.481 e. The molecule has 0 bridgehead atoms. The number of H-pyrrole nitrogens is 1. The quantitative estimate of drug-likeness (QED) is 0.793. The molecule has 1 aromatic heterocycles. The second-order valence-corrected chi connectivity index (χ2v) is 6.06. The molecule has 0 aliphatic heterocycles. The fourth-order valence-corrected chi connectivity index (χ4v) is 2.01. The van der Waals surface area contributed by atoms with E-state index in [2.05, 4.69) is 10.4 Å². The van der Waals surface area contributed by atoms with E-state index in [1.165, 1.54) is 0 Å². The maximum Gasteiger partial charge on any atom is 0.434 e. The third-order valence-corrected chi connectivity index (χ3v) is 2.94. The van der Waals surface area contributed by atoms with Gasteiger partial charge in [-0.1, -0.05) is 0 Å². The molecule has 1 heterocycles. The first-order valence-corrected chi connectivity index (χ1v) is 7.11. The molecule has 0 unspecified atom stereocenters. The van der Waals surface area contributed by atoms with Gasteiger partial charge in [-0.15, -0.1) is 0 Å². The summed E-state index contributed by atoms with van der Waals surface area (Å²) in [5.74, 6) is -0.911. The molecule has 0 saturated carbocycles. The number of ether oxygens (including phenoxy) is 1. The van der Waals surface area contributed by atoms with E-state index in [9.17, 15) is 14.4 Å². The molecule has 3 N–H and O–H groups in total. The molecular weight excluding hydrogens is 302 g/mol. The molecule has 0 aliphatic rings. The number of fused-ring (bicyclic) bond motifs is 1. The Kier molecular flexibility index (Phi) is 4.44. The number of benzene rings is 1. The summed E-state index contributed by atoms with van der Waals surface area (Å²) in [4.78, 5) is 34.6. The van der Waals surface area contributed by atoms with Crippen LogP contribution >= 0.6 is 0 Å². The Morgan fingerprint density at radius 2 is 2.04 bits per heavy atom. The van der Waals surface area contributed by atoms with Crippen molar-refractivity contribution in [3.63, 3.8) is 0 Å². The number of aromatic amines is 1. The van der Waals surface area contributed by atoms with Gasteiger partial charge in [-0.25, -0.2) is 4.79 Å². The number of hydrogen-bond acceptors (Lipinski definition) is 5. The van der Waals surface area contributed by atoms with Gasteiger partial charge in [0.2, 0.25) is 0 Å². The number of aliphatic carboxylic acids is 1. The number of aromatic nitrogens is 2. The predicted molar refractivity (Wildman–Crippen MR) is 84.9 cm³/mol. The third kappa shape index (κ3) is 4.12. The summed E-state index contributed by atoms with van der Waals surface area (Å²) in [5.41, 5.74) is -0.121. The van der Waals surface area contributed by atoms with Gasteiger partial charge in [-0.2, -0.15) is 4.68 Å². The standard InChI is InChI=1S/C15H19N3O5/c1-15(2,3)23-14(22)18-11-8-9(16-7-6-12(19)20)4-5-10(11)13(21)17-18/h4-5,8,16H,6-7H2,1-3H3,(H,17,21)(H,19,20). The van der Waals surface area contributed by atoms with Gasteiger partial charge in [0.05, 0.1) is 17.3 Å². The molecule has 2 aromatic rings. The number of anilines is 1. The Hall–Kier alpha value is -2.77. The smallest absolute Gasteiger partial charge is 0.434 e. The lowest BCUT2D eigenvalue weighted by Crippen LogP contribution is -2.28. The van der Waals surface area contributed by atoms with Crippen molar-refractivity contribution in [3.05, 3.63) is 28.6 Å². The Morgan fingerprint density at radius 1 is 1.35 bits per heavy atom. The normalized spacial score (nSPS) is 11.4. The van der Waals surface area contributed by atoms with Gasteiger partial charge >= 0.3 is 12.1 Å².